The topological polar surface area (TPSA) is 69.4 Å². The molecule has 24 heavy (non-hydrogen) atoms. The Kier molecular flexibility index (Phi) is 4.02. The molecule has 0 unspecified atom stereocenters. The predicted octanol–water partition coefficient (Wildman–Crippen LogP) is 3.98. The number of sulfone groups is 1. The Hall–Kier alpha value is -1.11. The first-order valence-corrected chi connectivity index (χ1v) is 9.74. The van der Waals surface area contributed by atoms with Crippen LogP contribution in [0.5, 0.6) is 0 Å². The molecule has 2 aromatic rings. The van der Waals surface area contributed by atoms with E-state index in [0.29, 0.717) is 24.6 Å². The Bertz CT molecular complexity index is 889. The summed E-state index contributed by atoms with van der Waals surface area (Å²) in [6, 6.07) is 3.26. The van der Waals surface area contributed by atoms with Crippen molar-refractivity contribution in [1.82, 2.24) is 4.98 Å². The van der Waals surface area contributed by atoms with Crippen LogP contribution in [0, 0.1) is 5.92 Å². The van der Waals surface area contributed by atoms with Crippen LogP contribution in [0.2, 0.25) is 5.02 Å². The van der Waals surface area contributed by atoms with Crippen LogP contribution in [0.15, 0.2) is 21.4 Å². The van der Waals surface area contributed by atoms with Gasteiger partial charge in [0.2, 0.25) is 5.89 Å². The van der Waals surface area contributed by atoms with Crippen molar-refractivity contribution in [2.45, 2.75) is 49.7 Å². The standard InChI is InChI=1S/C17H22ClNO4S/c1-16(2,3)15-19-12-7-6-11(18)14(13(12)23-15)24(20,21)17(4,5)10-8-22-9-10/h6-7,10H,8-9H2,1-5H3. The summed E-state index contributed by atoms with van der Waals surface area (Å²) in [4.78, 5) is 4.48. The van der Waals surface area contributed by atoms with Crippen molar-refractivity contribution in [3.05, 3.63) is 23.0 Å². The summed E-state index contributed by atoms with van der Waals surface area (Å²) in [6.07, 6.45) is 0. The molecule has 7 heteroatoms. The second-order valence-corrected chi connectivity index (χ2v) is 10.7. The molecule has 5 nitrogen and oxygen atoms in total. The van der Waals surface area contributed by atoms with Crippen LogP contribution in [0.25, 0.3) is 11.1 Å². The van der Waals surface area contributed by atoms with Gasteiger partial charge in [0.15, 0.2) is 15.4 Å². The molecule has 0 bridgehead atoms. The van der Waals surface area contributed by atoms with Crippen molar-refractivity contribution in [2.24, 2.45) is 5.92 Å². The van der Waals surface area contributed by atoms with E-state index >= 15 is 0 Å². The third kappa shape index (κ3) is 2.55. The fraction of sp³-hybridized carbons (Fsp3) is 0.588. The lowest BCUT2D eigenvalue weighted by Crippen LogP contribution is -2.49. The van der Waals surface area contributed by atoms with Crippen LogP contribution >= 0.6 is 11.6 Å². The van der Waals surface area contributed by atoms with E-state index in [-0.39, 0.29) is 26.8 Å². The fourth-order valence-electron chi connectivity index (χ4n) is 2.63. The number of fused-ring (bicyclic) bond motifs is 1. The number of hydrogen-bond donors (Lipinski definition) is 0. The first kappa shape index (κ1) is 17.7. The molecule has 1 aromatic carbocycles. The third-order valence-electron chi connectivity index (χ3n) is 4.69. The molecule has 0 amide bonds. The minimum absolute atomic E-state index is 0.0292. The highest BCUT2D eigenvalue weighted by molar-refractivity contribution is 7.93. The molecule has 1 fully saturated rings. The van der Waals surface area contributed by atoms with Gasteiger partial charge in [-0.2, -0.15) is 0 Å². The second kappa shape index (κ2) is 5.44. The van der Waals surface area contributed by atoms with E-state index in [2.05, 4.69) is 4.98 Å². The zero-order chi connectivity index (χ0) is 17.9. The highest BCUT2D eigenvalue weighted by Crippen LogP contribution is 2.42. The maximum Gasteiger partial charge on any atom is 0.200 e. The molecule has 1 aliphatic heterocycles. The van der Waals surface area contributed by atoms with Crippen molar-refractivity contribution < 1.29 is 17.6 Å². The molecular formula is C17H22ClNO4S. The van der Waals surface area contributed by atoms with Gasteiger partial charge in [0.25, 0.3) is 0 Å². The van der Waals surface area contributed by atoms with Crippen LogP contribution in [0.1, 0.15) is 40.5 Å². The Morgan fingerprint density at radius 3 is 2.29 bits per heavy atom. The van der Waals surface area contributed by atoms with Gasteiger partial charge < -0.3 is 9.15 Å². The number of halogens is 1. The zero-order valence-corrected chi connectivity index (χ0v) is 16.1. The first-order chi connectivity index (χ1) is 11.0. The normalized spacial score (nSPS) is 17.2. The van der Waals surface area contributed by atoms with E-state index in [1.807, 2.05) is 20.8 Å². The van der Waals surface area contributed by atoms with Crippen LogP contribution in [0.3, 0.4) is 0 Å². The summed E-state index contributed by atoms with van der Waals surface area (Å²) in [5, 5.41) is 0.160. The monoisotopic (exact) mass is 371 g/mol. The van der Waals surface area contributed by atoms with E-state index in [1.54, 1.807) is 26.0 Å². The zero-order valence-electron chi connectivity index (χ0n) is 14.5. The predicted molar refractivity (Wildman–Crippen MR) is 93.3 cm³/mol. The second-order valence-electron chi connectivity index (χ2n) is 7.84. The van der Waals surface area contributed by atoms with Gasteiger partial charge in [-0.25, -0.2) is 13.4 Å². The molecular weight excluding hydrogens is 350 g/mol. The summed E-state index contributed by atoms with van der Waals surface area (Å²) in [7, 11) is -3.73. The maximum absolute atomic E-state index is 13.4. The van der Waals surface area contributed by atoms with Gasteiger partial charge in [-0.1, -0.05) is 32.4 Å². The van der Waals surface area contributed by atoms with Gasteiger partial charge in [0, 0.05) is 11.3 Å². The summed E-state index contributed by atoms with van der Waals surface area (Å²) in [5.74, 6) is 0.417. The smallest absolute Gasteiger partial charge is 0.200 e. The SMILES string of the molecule is CC(C)(C)c1nc2ccc(Cl)c(S(=O)(=O)C(C)(C)C3COC3)c2o1. The molecule has 0 atom stereocenters. The number of oxazole rings is 1. The number of hydrogen-bond acceptors (Lipinski definition) is 5. The van der Waals surface area contributed by atoms with Crippen LogP contribution in [0.4, 0.5) is 0 Å². The molecule has 3 rings (SSSR count). The van der Waals surface area contributed by atoms with Crippen LogP contribution < -0.4 is 0 Å². The van der Waals surface area contributed by atoms with Gasteiger partial charge in [-0.05, 0) is 26.0 Å². The Balaban J connectivity index is 2.25. The first-order valence-electron chi connectivity index (χ1n) is 7.88. The van der Waals surface area contributed by atoms with E-state index in [9.17, 15) is 8.42 Å². The highest BCUT2D eigenvalue weighted by atomic mass is 35.5. The van der Waals surface area contributed by atoms with E-state index < -0.39 is 14.6 Å². The van der Waals surface area contributed by atoms with Crippen molar-refractivity contribution in [3.63, 3.8) is 0 Å². The molecule has 0 aliphatic carbocycles. The van der Waals surface area contributed by atoms with Crippen molar-refractivity contribution in [3.8, 4) is 0 Å². The Labute approximate surface area is 147 Å². The van der Waals surface area contributed by atoms with E-state index in [1.165, 1.54) is 0 Å². The summed E-state index contributed by atoms with van der Waals surface area (Å²) < 4.78 is 36.7. The Morgan fingerprint density at radius 1 is 1.17 bits per heavy atom. The number of ether oxygens (including phenoxy) is 1. The average Bonchev–Trinajstić information content (AvgIpc) is 2.78. The van der Waals surface area contributed by atoms with Gasteiger partial charge >= 0.3 is 0 Å². The number of benzene rings is 1. The molecule has 2 heterocycles. The third-order valence-corrected chi connectivity index (χ3v) is 7.78. The van der Waals surface area contributed by atoms with Crippen LogP contribution in [-0.2, 0) is 20.0 Å². The molecule has 132 valence electrons. The molecule has 0 spiro atoms. The minimum atomic E-state index is -3.73. The number of rotatable bonds is 3. The largest absolute Gasteiger partial charge is 0.439 e. The van der Waals surface area contributed by atoms with Gasteiger partial charge in [-0.15, -0.1) is 0 Å². The fourth-order valence-corrected chi connectivity index (χ4v) is 4.90. The van der Waals surface area contributed by atoms with Gasteiger partial charge in [0.05, 0.1) is 23.0 Å². The van der Waals surface area contributed by atoms with E-state index in [0.717, 1.165) is 0 Å². The molecule has 0 radical (unpaired) electrons. The van der Waals surface area contributed by atoms with Crippen LogP contribution in [-0.4, -0.2) is 31.4 Å². The minimum Gasteiger partial charge on any atom is -0.439 e. The quantitative estimate of drug-likeness (QED) is 0.816. The highest BCUT2D eigenvalue weighted by Gasteiger charge is 2.48. The summed E-state index contributed by atoms with van der Waals surface area (Å²) >= 11 is 6.29. The summed E-state index contributed by atoms with van der Waals surface area (Å²) in [5.41, 5.74) is 0.411. The summed E-state index contributed by atoms with van der Waals surface area (Å²) in [6.45, 7) is 10.2. The molecule has 0 saturated carbocycles. The van der Waals surface area contributed by atoms with Crippen molar-refractivity contribution >= 4 is 32.5 Å². The lowest BCUT2D eigenvalue weighted by Gasteiger charge is -2.39. The molecule has 1 saturated heterocycles. The van der Waals surface area contributed by atoms with Crippen molar-refractivity contribution in [2.75, 3.05) is 13.2 Å². The lowest BCUT2D eigenvalue weighted by molar-refractivity contribution is -0.0468. The number of aromatic nitrogens is 1. The molecule has 0 N–H and O–H groups in total. The molecule has 1 aromatic heterocycles. The molecule has 1 aliphatic rings. The van der Waals surface area contributed by atoms with Crippen molar-refractivity contribution in [1.29, 1.82) is 0 Å². The lowest BCUT2D eigenvalue weighted by atomic mass is 9.93. The Morgan fingerprint density at radius 2 is 1.79 bits per heavy atom. The van der Waals surface area contributed by atoms with Gasteiger partial charge in [-0.3, -0.25) is 0 Å². The average molecular weight is 372 g/mol. The van der Waals surface area contributed by atoms with Gasteiger partial charge in [0.1, 0.15) is 10.4 Å². The van der Waals surface area contributed by atoms with E-state index in [4.69, 9.17) is 20.8 Å². The maximum atomic E-state index is 13.4. The number of nitrogens with zero attached hydrogens (tertiary/aromatic N) is 1.